The Bertz CT molecular complexity index is 611. The second kappa shape index (κ2) is 4.34. The van der Waals surface area contributed by atoms with Gasteiger partial charge in [-0.05, 0) is 35.9 Å². The van der Waals surface area contributed by atoms with Gasteiger partial charge in [0.05, 0.1) is 6.26 Å². The maximum Gasteiger partial charge on any atom is 0.133 e. The van der Waals surface area contributed by atoms with E-state index in [-0.39, 0.29) is 0 Å². The predicted molar refractivity (Wildman–Crippen MR) is 67.0 cm³/mol. The zero-order chi connectivity index (χ0) is 11.5. The lowest BCUT2D eigenvalue weighted by Gasteiger charge is -2.05. The Morgan fingerprint density at radius 1 is 0.941 bits per heavy atom. The van der Waals surface area contributed by atoms with Crippen molar-refractivity contribution >= 4 is 11.0 Å². The summed E-state index contributed by atoms with van der Waals surface area (Å²) in [5, 5.41) is 1.11. The quantitative estimate of drug-likeness (QED) is 0.670. The van der Waals surface area contributed by atoms with E-state index in [0.717, 1.165) is 22.3 Å². The Labute approximate surface area is 99.4 Å². The second-order valence-corrected chi connectivity index (χ2v) is 3.89. The molecular weight excluding hydrogens is 212 g/mol. The average Bonchev–Trinajstić information content (AvgIpc) is 2.85. The van der Waals surface area contributed by atoms with Crippen LogP contribution in [0, 0.1) is 0 Å². The molecule has 0 atom stereocenters. The fourth-order valence-electron chi connectivity index (χ4n) is 1.79. The first-order valence-corrected chi connectivity index (χ1v) is 5.56. The molecule has 0 aliphatic carbocycles. The minimum atomic E-state index is 0.575. The summed E-state index contributed by atoms with van der Waals surface area (Å²) >= 11 is 0. The SMILES string of the molecule is c1ccc(OCc2ccc3occc3c2)cc1. The topological polar surface area (TPSA) is 22.4 Å². The minimum absolute atomic E-state index is 0.575. The molecule has 3 rings (SSSR count). The van der Waals surface area contributed by atoms with Gasteiger partial charge in [-0.2, -0.15) is 0 Å². The van der Waals surface area contributed by atoms with Crippen molar-refractivity contribution in [3.63, 3.8) is 0 Å². The first-order valence-electron chi connectivity index (χ1n) is 5.56. The molecule has 2 heteroatoms. The molecule has 1 heterocycles. The number of para-hydroxylation sites is 1. The molecule has 0 saturated heterocycles. The fraction of sp³-hybridized carbons (Fsp3) is 0.0667. The van der Waals surface area contributed by atoms with Gasteiger partial charge in [0.2, 0.25) is 0 Å². The van der Waals surface area contributed by atoms with E-state index in [4.69, 9.17) is 9.15 Å². The van der Waals surface area contributed by atoms with Crippen LogP contribution in [0.3, 0.4) is 0 Å². The summed E-state index contributed by atoms with van der Waals surface area (Å²) in [6.07, 6.45) is 1.70. The van der Waals surface area contributed by atoms with Gasteiger partial charge in [0.25, 0.3) is 0 Å². The highest BCUT2D eigenvalue weighted by Crippen LogP contribution is 2.18. The normalized spacial score (nSPS) is 10.6. The van der Waals surface area contributed by atoms with Crippen LogP contribution in [0.15, 0.2) is 65.3 Å². The molecule has 2 aromatic carbocycles. The molecule has 84 valence electrons. The van der Waals surface area contributed by atoms with E-state index in [0.29, 0.717) is 6.61 Å². The van der Waals surface area contributed by atoms with Crippen LogP contribution in [0.4, 0.5) is 0 Å². The number of rotatable bonds is 3. The average molecular weight is 224 g/mol. The van der Waals surface area contributed by atoms with Gasteiger partial charge in [-0.3, -0.25) is 0 Å². The molecule has 0 aliphatic heterocycles. The summed E-state index contributed by atoms with van der Waals surface area (Å²) in [6.45, 7) is 0.575. The van der Waals surface area contributed by atoms with Crippen molar-refractivity contribution in [3.8, 4) is 5.75 Å². The molecule has 0 amide bonds. The van der Waals surface area contributed by atoms with E-state index in [1.807, 2.05) is 48.5 Å². The zero-order valence-electron chi connectivity index (χ0n) is 9.30. The van der Waals surface area contributed by atoms with Crippen molar-refractivity contribution in [2.75, 3.05) is 0 Å². The molecule has 0 aliphatic rings. The number of furan rings is 1. The number of ether oxygens (including phenoxy) is 1. The summed E-state index contributed by atoms with van der Waals surface area (Å²) < 4.78 is 11.0. The summed E-state index contributed by atoms with van der Waals surface area (Å²) in [5.74, 6) is 0.889. The molecule has 0 spiro atoms. The van der Waals surface area contributed by atoms with Gasteiger partial charge in [0, 0.05) is 5.39 Å². The van der Waals surface area contributed by atoms with Gasteiger partial charge < -0.3 is 9.15 Å². The van der Waals surface area contributed by atoms with Crippen LogP contribution < -0.4 is 4.74 Å². The lowest BCUT2D eigenvalue weighted by molar-refractivity contribution is 0.306. The van der Waals surface area contributed by atoms with Crippen LogP contribution in [0.2, 0.25) is 0 Å². The third kappa shape index (κ3) is 2.16. The largest absolute Gasteiger partial charge is 0.489 e. The molecule has 17 heavy (non-hydrogen) atoms. The second-order valence-electron chi connectivity index (χ2n) is 3.89. The molecule has 0 fully saturated rings. The van der Waals surface area contributed by atoms with Gasteiger partial charge in [0.1, 0.15) is 17.9 Å². The number of hydrogen-bond donors (Lipinski definition) is 0. The number of hydrogen-bond acceptors (Lipinski definition) is 2. The summed E-state index contributed by atoms with van der Waals surface area (Å²) in [5.41, 5.74) is 2.05. The van der Waals surface area contributed by atoms with Gasteiger partial charge in [-0.15, -0.1) is 0 Å². The standard InChI is InChI=1S/C15H12O2/c1-2-4-14(5-3-1)17-11-12-6-7-15-13(10-12)8-9-16-15/h1-10H,11H2. The van der Waals surface area contributed by atoms with Crippen LogP contribution in [-0.4, -0.2) is 0 Å². The van der Waals surface area contributed by atoms with E-state index in [9.17, 15) is 0 Å². The van der Waals surface area contributed by atoms with E-state index in [1.165, 1.54) is 0 Å². The maximum absolute atomic E-state index is 5.69. The summed E-state index contributed by atoms with van der Waals surface area (Å²) in [6, 6.07) is 17.9. The Morgan fingerprint density at radius 3 is 2.71 bits per heavy atom. The summed E-state index contributed by atoms with van der Waals surface area (Å²) in [7, 11) is 0. The van der Waals surface area contributed by atoms with Crippen molar-refractivity contribution in [3.05, 3.63) is 66.4 Å². The third-order valence-electron chi connectivity index (χ3n) is 2.67. The Morgan fingerprint density at radius 2 is 1.82 bits per heavy atom. The van der Waals surface area contributed by atoms with Crippen LogP contribution in [0.1, 0.15) is 5.56 Å². The van der Waals surface area contributed by atoms with Gasteiger partial charge in [-0.1, -0.05) is 24.3 Å². The van der Waals surface area contributed by atoms with Crippen LogP contribution >= 0.6 is 0 Å². The van der Waals surface area contributed by atoms with E-state index in [2.05, 4.69) is 6.07 Å². The fourth-order valence-corrected chi connectivity index (χ4v) is 1.79. The smallest absolute Gasteiger partial charge is 0.133 e. The van der Waals surface area contributed by atoms with Crippen molar-refractivity contribution in [1.82, 2.24) is 0 Å². The van der Waals surface area contributed by atoms with Crippen LogP contribution in [0.25, 0.3) is 11.0 Å². The van der Waals surface area contributed by atoms with Gasteiger partial charge in [0.15, 0.2) is 0 Å². The minimum Gasteiger partial charge on any atom is -0.489 e. The zero-order valence-corrected chi connectivity index (χ0v) is 9.30. The van der Waals surface area contributed by atoms with Crippen molar-refractivity contribution in [1.29, 1.82) is 0 Å². The molecule has 0 N–H and O–H groups in total. The molecule has 0 saturated carbocycles. The highest BCUT2D eigenvalue weighted by Gasteiger charge is 1.99. The molecule has 0 unspecified atom stereocenters. The number of fused-ring (bicyclic) bond motifs is 1. The van der Waals surface area contributed by atoms with Crippen molar-refractivity contribution in [2.45, 2.75) is 6.61 Å². The summed E-state index contributed by atoms with van der Waals surface area (Å²) in [4.78, 5) is 0. The Kier molecular flexibility index (Phi) is 2.54. The molecule has 2 nitrogen and oxygen atoms in total. The molecule has 1 aromatic heterocycles. The molecule has 3 aromatic rings. The van der Waals surface area contributed by atoms with E-state index in [1.54, 1.807) is 6.26 Å². The third-order valence-corrected chi connectivity index (χ3v) is 2.67. The lowest BCUT2D eigenvalue weighted by Crippen LogP contribution is -1.94. The lowest BCUT2D eigenvalue weighted by atomic mass is 10.2. The predicted octanol–water partition coefficient (Wildman–Crippen LogP) is 4.01. The van der Waals surface area contributed by atoms with E-state index >= 15 is 0 Å². The Hall–Kier alpha value is -2.22. The Balaban J connectivity index is 1.76. The first-order chi connectivity index (χ1) is 8.42. The van der Waals surface area contributed by atoms with Crippen molar-refractivity contribution < 1.29 is 9.15 Å². The van der Waals surface area contributed by atoms with Gasteiger partial charge in [-0.25, -0.2) is 0 Å². The molecule has 0 radical (unpaired) electrons. The van der Waals surface area contributed by atoms with Crippen LogP contribution in [-0.2, 0) is 6.61 Å². The molecule has 0 bridgehead atoms. The first kappa shape index (κ1) is 9.97. The number of benzene rings is 2. The molecular formula is C15H12O2. The highest BCUT2D eigenvalue weighted by molar-refractivity contribution is 5.77. The van der Waals surface area contributed by atoms with Crippen molar-refractivity contribution in [2.24, 2.45) is 0 Å². The van der Waals surface area contributed by atoms with E-state index < -0.39 is 0 Å². The van der Waals surface area contributed by atoms with Gasteiger partial charge >= 0.3 is 0 Å². The highest BCUT2D eigenvalue weighted by atomic mass is 16.5. The maximum atomic E-state index is 5.69. The van der Waals surface area contributed by atoms with Crippen LogP contribution in [0.5, 0.6) is 5.75 Å². The monoisotopic (exact) mass is 224 g/mol.